The fraction of sp³-hybridized carbons (Fsp3) is 0.889. The van der Waals surface area contributed by atoms with Crippen LogP contribution in [0.4, 0.5) is 0 Å². The van der Waals surface area contributed by atoms with Crippen molar-refractivity contribution < 1.29 is 4.21 Å². The maximum Gasteiger partial charge on any atom is 0.188 e. The predicted octanol–water partition coefficient (Wildman–Crippen LogP) is 0.210. The Bertz CT molecular complexity index is 238. The Morgan fingerprint density at radius 2 is 2.36 bits per heavy atom. The van der Waals surface area contributed by atoms with Gasteiger partial charge in [0.1, 0.15) is 0 Å². The van der Waals surface area contributed by atoms with Gasteiger partial charge in [0.25, 0.3) is 0 Å². The van der Waals surface area contributed by atoms with Crippen molar-refractivity contribution in [1.82, 2.24) is 5.32 Å². The predicted molar refractivity (Wildman–Crippen MR) is 60.8 cm³/mol. The van der Waals surface area contributed by atoms with Crippen LogP contribution in [0.25, 0.3) is 0 Å². The van der Waals surface area contributed by atoms with Crippen molar-refractivity contribution >= 4 is 16.8 Å². The number of hydrogen-bond acceptors (Lipinski definition) is 2. The lowest BCUT2D eigenvalue weighted by molar-refractivity contribution is 0.670. The van der Waals surface area contributed by atoms with E-state index in [4.69, 9.17) is 5.73 Å². The summed E-state index contributed by atoms with van der Waals surface area (Å²) in [5.41, 5.74) is 5.64. The molecule has 1 rings (SSSR count). The third-order valence-corrected chi connectivity index (χ3v) is 3.68. The first-order chi connectivity index (χ1) is 6.59. The second kappa shape index (κ2) is 5.34. The van der Waals surface area contributed by atoms with Crippen LogP contribution in [-0.4, -0.2) is 34.3 Å². The number of guanidine groups is 1. The zero-order valence-electron chi connectivity index (χ0n) is 8.82. The first-order valence-electron chi connectivity index (χ1n) is 4.98. The van der Waals surface area contributed by atoms with Crippen LogP contribution in [-0.2, 0) is 10.8 Å². The van der Waals surface area contributed by atoms with Crippen molar-refractivity contribution in [1.29, 1.82) is 0 Å². The van der Waals surface area contributed by atoms with Gasteiger partial charge >= 0.3 is 0 Å². The molecule has 3 N–H and O–H groups in total. The second-order valence-corrected chi connectivity index (χ2v) is 5.59. The number of hydrogen-bond donors (Lipinski definition) is 2. The highest BCUT2D eigenvalue weighted by Gasteiger charge is 2.21. The molecule has 0 aromatic rings. The van der Waals surface area contributed by atoms with Crippen LogP contribution < -0.4 is 11.1 Å². The first-order valence-corrected chi connectivity index (χ1v) is 6.60. The summed E-state index contributed by atoms with van der Waals surface area (Å²) < 4.78 is 11.0. The topological polar surface area (TPSA) is 67.5 Å². The maximum absolute atomic E-state index is 11.0. The summed E-state index contributed by atoms with van der Waals surface area (Å²) in [6, 6.07) is 0.552. The van der Waals surface area contributed by atoms with Gasteiger partial charge in [-0.2, -0.15) is 0 Å². The Labute approximate surface area is 87.8 Å². The molecular weight excluding hydrogens is 198 g/mol. The summed E-state index contributed by atoms with van der Waals surface area (Å²) in [5, 5.41) is 3.31. The fourth-order valence-electron chi connectivity index (χ4n) is 1.02. The molecule has 0 amide bonds. The van der Waals surface area contributed by atoms with Gasteiger partial charge in [-0.05, 0) is 19.3 Å². The van der Waals surface area contributed by atoms with Crippen molar-refractivity contribution in [3.8, 4) is 0 Å². The highest BCUT2D eigenvalue weighted by Crippen LogP contribution is 2.17. The van der Waals surface area contributed by atoms with E-state index in [9.17, 15) is 4.21 Å². The van der Waals surface area contributed by atoms with Crippen LogP contribution in [0.15, 0.2) is 4.99 Å². The maximum atomic E-state index is 11.0. The van der Waals surface area contributed by atoms with Crippen LogP contribution >= 0.6 is 0 Å². The van der Waals surface area contributed by atoms with E-state index >= 15 is 0 Å². The third-order valence-electron chi connectivity index (χ3n) is 2.31. The van der Waals surface area contributed by atoms with Crippen LogP contribution in [0, 0.1) is 0 Å². The van der Waals surface area contributed by atoms with E-state index in [2.05, 4.69) is 10.3 Å². The molecule has 0 saturated heterocycles. The van der Waals surface area contributed by atoms with Crippen LogP contribution in [0.5, 0.6) is 0 Å². The van der Waals surface area contributed by atoms with E-state index in [0.29, 0.717) is 18.5 Å². The number of aliphatic imine (C=N–C) groups is 1. The minimum Gasteiger partial charge on any atom is -0.370 e. The Morgan fingerprint density at radius 1 is 1.71 bits per heavy atom. The highest BCUT2D eigenvalue weighted by molar-refractivity contribution is 7.84. The molecule has 0 aromatic carbocycles. The van der Waals surface area contributed by atoms with E-state index in [1.807, 2.05) is 6.92 Å². The molecule has 0 aromatic heterocycles. The fourth-order valence-corrected chi connectivity index (χ4v) is 1.45. The van der Waals surface area contributed by atoms with Crippen molar-refractivity contribution in [2.24, 2.45) is 10.7 Å². The number of rotatable bonds is 5. The van der Waals surface area contributed by atoms with Crippen molar-refractivity contribution in [2.75, 3.05) is 12.8 Å². The Balaban J connectivity index is 2.14. The van der Waals surface area contributed by atoms with E-state index in [1.54, 1.807) is 6.26 Å². The van der Waals surface area contributed by atoms with Gasteiger partial charge < -0.3 is 11.1 Å². The molecule has 82 valence electrons. The molecule has 2 atom stereocenters. The molecule has 1 saturated carbocycles. The molecule has 2 unspecified atom stereocenters. The molecule has 0 aliphatic heterocycles. The summed E-state index contributed by atoms with van der Waals surface area (Å²) in [6.07, 6.45) is 4.95. The molecule has 1 aliphatic carbocycles. The largest absolute Gasteiger partial charge is 0.370 e. The zero-order valence-corrected chi connectivity index (χ0v) is 9.64. The van der Waals surface area contributed by atoms with E-state index < -0.39 is 10.8 Å². The van der Waals surface area contributed by atoms with Gasteiger partial charge in [-0.1, -0.05) is 6.92 Å². The summed E-state index contributed by atoms with van der Waals surface area (Å²) in [7, 11) is -0.754. The van der Waals surface area contributed by atoms with Gasteiger partial charge in [0.2, 0.25) is 0 Å². The minimum atomic E-state index is -0.754. The quantitative estimate of drug-likeness (QED) is 0.511. The van der Waals surface area contributed by atoms with Gasteiger partial charge in [-0.25, -0.2) is 0 Å². The van der Waals surface area contributed by atoms with Gasteiger partial charge in [0.15, 0.2) is 5.96 Å². The normalized spacial score (nSPS) is 21.7. The van der Waals surface area contributed by atoms with Gasteiger partial charge in [-0.15, -0.1) is 0 Å². The molecule has 1 fully saturated rings. The van der Waals surface area contributed by atoms with Crippen LogP contribution in [0.3, 0.4) is 0 Å². The Morgan fingerprint density at radius 3 is 2.86 bits per heavy atom. The van der Waals surface area contributed by atoms with Crippen molar-refractivity contribution in [3.63, 3.8) is 0 Å². The number of nitrogens with two attached hydrogens (primary N) is 1. The lowest BCUT2D eigenvalue weighted by atomic mass is 10.3. The van der Waals surface area contributed by atoms with E-state index in [-0.39, 0.29) is 5.25 Å². The Hall–Kier alpha value is -0.580. The van der Waals surface area contributed by atoms with Gasteiger partial charge in [0.05, 0.1) is 0 Å². The standard InChI is InChI=1S/C9H19N3OS/c1-7(14(2)13)5-6-11-9(10)12-8-3-4-8/h7-8H,3-6H2,1-2H3,(H3,10,11,12). The lowest BCUT2D eigenvalue weighted by Crippen LogP contribution is -2.33. The average molecular weight is 217 g/mol. The van der Waals surface area contributed by atoms with E-state index in [0.717, 1.165) is 6.42 Å². The smallest absolute Gasteiger partial charge is 0.188 e. The summed E-state index contributed by atoms with van der Waals surface area (Å²) in [6.45, 7) is 2.63. The van der Waals surface area contributed by atoms with Crippen LogP contribution in [0.1, 0.15) is 26.2 Å². The monoisotopic (exact) mass is 217 g/mol. The first kappa shape index (κ1) is 11.5. The van der Waals surface area contributed by atoms with E-state index in [1.165, 1.54) is 12.8 Å². The van der Waals surface area contributed by atoms with Crippen LogP contribution in [0.2, 0.25) is 0 Å². The molecule has 1 aliphatic rings. The Kier molecular flexibility index (Phi) is 4.38. The number of nitrogens with zero attached hydrogens (tertiary/aromatic N) is 1. The molecule has 0 bridgehead atoms. The lowest BCUT2D eigenvalue weighted by Gasteiger charge is -2.06. The third kappa shape index (κ3) is 4.60. The van der Waals surface area contributed by atoms with Crippen molar-refractivity contribution in [2.45, 2.75) is 37.5 Å². The zero-order chi connectivity index (χ0) is 10.6. The number of nitrogens with one attached hydrogen (secondary N) is 1. The average Bonchev–Trinajstić information content (AvgIpc) is 2.87. The second-order valence-electron chi connectivity index (χ2n) is 3.78. The molecule has 0 spiro atoms. The SMILES string of the molecule is CC(CCN=C(N)NC1CC1)S(C)=O. The van der Waals surface area contributed by atoms with Crippen molar-refractivity contribution in [3.05, 3.63) is 0 Å². The molecule has 4 nitrogen and oxygen atoms in total. The summed E-state index contributed by atoms with van der Waals surface area (Å²) in [4.78, 5) is 4.18. The molecular formula is C9H19N3OS. The minimum absolute atomic E-state index is 0.201. The highest BCUT2D eigenvalue weighted by atomic mass is 32.2. The summed E-state index contributed by atoms with van der Waals surface area (Å²) >= 11 is 0. The van der Waals surface area contributed by atoms with Gasteiger partial charge in [0, 0.05) is 34.9 Å². The molecule has 14 heavy (non-hydrogen) atoms. The summed E-state index contributed by atoms with van der Waals surface area (Å²) in [5.74, 6) is 0.529. The van der Waals surface area contributed by atoms with Gasteiger partial charge in [-0.3, -0.25) is 9.20 Å². The molecule has 0 radical (unpaired) electrons. The molecule has 0 heterocycles. The molecule has 5 heteroatoms.